The summed E-state index contributed by atoms with van der Waals surface area (Å²) >= 11 is 7.55. The zero-order valence-corrected chi connectivity index (χ0v) is 12.5. The van der Waals surface area contributed by atoms with E-state index in [1.165, 1.54) is 5.56 Å². The lowest BCUT2D eigenvalue weighted by Gasteiger charge is -2.18. The van der Waals surface area contributed by atoms with Crippen LogP contribution in [0, 0.1) is 0 Å². The summed E-state index contributed by atoms with van der Waals surface area (Å²) in [6.07, 6.45) is 0.296. The summed E-state index contributed by atoms with van der Waals surface area (Å²) in [4.78, 5) is 2.22. The molecule has 0 aliphatic heterocycles. The molecule has 0 aliphatic carbocycles. The fourth-order valence-electron chi connectivity index (χ4n) is 1.97. The van der Waals surface area contributed by atoms with E-state index in [0.717, 1.165) is 25.1 Å². The second-order valence-corrected chi connectivity index (χ2v) is 5.94. The standard InChI is InChI=1S/C15H18ClNOS/c1-17(10-12-7-9-19-11-12)8-6-15(18)13-2-4-14(16)5-3-13/h2-5,7,9,11,15,18H,6,8,10H2,1H3. The van der Waals surface area contributed by atoms with Crippen molar-refractivity contribution in [3.8, 4) is 0 Å². The molecular formula is C15H18ClNOS. The van der Waals surface area contributed by atoms with Crippen molar-refractivity contribution in [2.24, 2.45) is 0 Å². The second-order valence-electron chi connectivity index (χ2n) is 4.73. The minimum atomic E-state index is -0.429. The van der Waals surface area contributed by atoms with Crippen molar-refractivity contribution in [3.05, 3.63) is 57.2 Å². The quantitative estimate of drug-likeness (QED) is 0.872. The Morgan fingerprint density at radius 1 is 1.26 bits per heavy atom. The average Bonchev–Trinajstić information content (AvgIpc) is 2.89. The smallest absolute Gasteiger partial charge is 0.0802 e. The first-order chi connectivity index (χ1) is 9.15. The van der Waals surface area contributed by atoms with Crippen LogP contribution >= 0.6 is 22.9 Å². The highest BCUT2D eigenvalue weighted by atomic mass is 35.5. The molecule has 0 amide bonds. The lowest BCUT2D eigenvalue weighted by Crippen LogP contribution is -2.20. The van der Waals surface area contributed by atoms with E-state index in [1.54, 1.807) is 11.3 Å². The molecule has 1 aromatic carbocycles. The average molecular weight is 296 g/mol. The van der Waals surface area contributed by atoms with Gasteiger partial charge in [0.05, 0.1) is 6.10 Å². The Kier molecular flexibility index (Phi) is 5.40. The van der Waals surface area contributed by atoms with Crippen LogP contribution in [0.2, 0.25) is 5.02 Å². The van der Waals surface area contributed by atoms with E-state index in [-0.39, 0.29) is 0 Å². The van der Waals surface area contributed by atoms with Gasteiger partial charge in [0.2, 0.25) is 0 Å². The molecule has 0 radical (unpaired) electrons. The maximum atomic E-state index is 10.1. The SMILES string of the molecule is CN(CCC(O)c1ccc(Cl)cc1)Cc1ccsc1. The van der Waals surface area contributed by atoms with Crippen LogP contribution in [-0.4, -0.2) is 23.6 Å². The molecule has 1 N–H and O–H groups in total. The van der Waals surface area contributed by atoms with E-state index < -0.39 is 6.10 Å². The zero-order chi connectivity index (χ0) is 13.7. The third kappa shape index (κ3) is 4.62. The number of hydrogen-bond acceptors (Lipinski definition) is 3. The summed E-state index contributed by atoms with van der Waals surface area (Å²) in [5, 5.41) is 15.1. The lowest BCUT2D eigenvalue weighted by molar-refractivity contribution is 0.147. The number of aliphatic hydroxyl groups excluding tert-OH is 1. The Morgan fingerprint density at radius 3 is 2.63 bits per heavy atom. The molecule has 0 bridgehead atoms. The largest absolute Gasteiger partial charge is 0.388 e. The third-order valence-electron chi connectivity index (χ3n) is 3.07. The zero-order valence-electron chi connectivity index (χ0n) is 10.9. The van der Waals surface area contributed by atoms with Gasteiger partial charge in [0.1, 0.15) is 0 Å². The summed E-state index contributed by atoms with van der Waals surface area (Å²) < 4.78 is 0. The number of aliphatic hydroxyl groups is 1. The van der Waals surface area contributed by atoms with Crippen LogP contribution in [-0.2, 0) is 6.54 Å². The molecule has 1 aromatic heterocycles. The van der Waals surface area contributed by atoms with E-state index in [0.29, 0.717) is 5.02 Å². The van der Waals surface area contributed by atoms with Crippen molar-refractivity contribution in [3.63, 3.8) is 0 Å². The molecular weight excluding hydrogens is 278 g/mol. The first-order valence-corrected chi connectivity index (χ1v) is 7.60. The summed E-state index contributed by atoms with van der Waals surface area (Å²) in [5.74, 6) is 0. The summed E-state index contributed by atoms with van der Waals surface area (Å²) in [6, 6.07) is 9.53. The molecule has 1 atom stereocenters. The van der Waals surface area contributed by atoms with Crippen molar-refractivity contribution in [1.29, 1.82) is 0 Å². The Bertz CT molecular complexity index is 483. The lowest BCUT2D eigenvalue weighted by atomic mass is 10.1. The molecule has 2 nitrogen and oxygen atoms in total. The first kappa shape index (κ1) is 14.5. The van der Waals surface area contributed by atoms with Crippen LogP contribution in [0.5, 0.6) is 0 Å². The number of thiophene rings is 1. The Labute approximate surface area is 123 Å². The van der Waals surface area contributed by atoms with Crippen molar-refractivity contribution in [2.45, 2.75) is 19.1 Å². The number of halogens is 1. The highest BCUT2D eigenvalue weighted by molar-refractivity contribution is 7.07. The van der Waals surface area contributed by atoms with Gasteiger partial charge in [-0.15, -0.1) is 0 Å². The van der Waals surface area contributed by atoms with E-state index in [4.69, 9.17) is 11.6 Å². The molecule has 1 unspecified atom stereocenters. The molecule has 0 aliphatic rings. The fraction of sp³-hybridized carbons (Fsp3) is 0.333. The Hall–Kier alpha value is -0.870. The molecule has 0 fully saturated rings. The van der Waals surface area contributed by atoms with Gasteiger partial charge in [0, 0.05) is 18.1 Å². The van der Waals surface area contributed by atoms with Crippen LogP contribution in [0.3, 0.4) is 0 Å². The van der Waals surface area contributed by atoms with Crippen LogP contribution in [0.15, 0.2) is 41.1 Å². The monoisotopic (exact) mass is 295 g/mol. The highest BCUT2D eigenvalue weighted by Crippen LogP contribution is 2.19. The minimum Gasteiger partial charge on any atom is -0.388 e. The van der Waals surface area contributed by atoms with Crippen LogP contribution < -0.4 is 0 Å². The van der Waals surface area contributed by atoms with Crippen molar-refractivity contribution < 1.29 is 5.11 Å². The van der Waals surface area contributed by atoms with E-state index in [9.17, 15) is 5.11 Å². The molecule has 2 rings (SSSR count). The maximum Gasteiger partial charge on any atom is 0.0802 e. The number of hydrogen-bond donors (Lipinski definition) is 1. The van der Waals surface area contributed by atoms with Crippen LogP contribution in [0.4, 0.5) is 0 Å². The summed E-state index contributed by atoms with van der Waals surface area (Å²) in [7, 11) is 2.08. The molecule has 0 spiro atoms. The number of nitrogens with zero attached hydrogens (tertiary/aromatic N) is 1. The maximum absolute atomic E-state index is 10.1. The fourth-order valence-corrected chi connectivity index (χ4v) is 2.75. The van der Waals surface area contributed by atoms with E-state index >= 15 is 0 Å². The van der Waals surface area contributed by atoms with Crippen molar-refractivity contribution >= 4 is 22.9 Å². The van der Waals surface area contributed by atoms with Gasteiger partial charge >= 0.3 is 0 Å². The van der Waals surface area contributed by atoms with Gasteiger partial charge in [-0.2, -0.15) is 11.3 Å². The summed E-state index contributed by atoms with van der Waals surface area (Å²) in [6.45, 7) is 1.79. The van der Waals surface area contributed by atoms with E-state index in [1.807, 2.05) is 24.3 Å². The normalized spacial score (nSPS) is 12.8. The third-order valence-corrected chi connectivity index (χ3v) is 4.06. The molecule has 4 heteroatoms. The molecule has 19 heavy (non-hydrogen) atoms. The van der Waals surface area contributed by atoms with Gasteiger partial charge in [-0.25, -0.2) is 0 Å². The molecule has 0 saturated heterocycles. The number of benzene rings is 1. The summed E-state index contributed by atoms with van der Waals surface area (Å²) in [5.41, 5.74) is 2.25. The predicted octanol–water partition coefficient (Wildman–Crippen LogP) is 3.96. The van der Waals surface area contributed by atoms with Gasteiger partial charge in [-0.3, -0.25) is 0 Å². The minimum absolute atomic E-state index is 0.429. The van der Waals surface area contributed by atoms with Crippen LogP contribution in [0.25, 0.3) is 0 Å². The number of rotatable bonds is 6. The van der Waals surface area contributed by atoms with Gasteiger partial charge in [-0.05, 0) is 53.6 Å². The van der Waals surface area contributed by atoms with Gasteiger partial charge in [-0.1, -0.05) is 23.7 Å². The molecule has 2 aromatic rings. The van der Waals surface area contributed by atoms with E-state index in [2.05, 4.69) is 28.8 Å². The predicted molar refractivity (Wildman–Crippen MR) is 81.7 cm³/mol. The Morgan fingerprint density at radius 2 is 2.00 bits per heavy atom. The molecule has 1 heterocycles. The highest BCUT2D eigenvalue weighted by Gasteiger charge is 2.09. The molecule has 102 valence electrons. The Balaban J connectivity index is 1.79. The van der Waals surface area contributed by atoms with Gasteiger partial charge in [0.15, 0.2) is 0 Å². The first-order valence-electron chi connectivity index (χ1n) is 6.28. The van der Waals surface area contributed by atoms with Crippen molar-refractivity contribution in [2.75, 3.05) is 13.6 Å². The van der Waals surface area contributed by atoms with Gasteiger partial charge in [0.25, 0.3) is 0 Å². The van der Waals surface area contributed by atoms with Gasteiger partial charge < -0.3 is 10.0 Å². The molecule has 0 saturated carbocycles. The van der Waals surface area contributed by atoms with Crippen molar-refractivity contribution in [1.82, 2.24) is 4.90 Å². The van der Waals surface area contributed by atoms with Crippen LogP contribution in [0.1, 0.15) is 23.7 Å². The topological polar surface area (TPSA) is 23.5 Å². The second kappa shape index (κ2) is 7.06.